The molecule has 1 heterocycles. The van der Waals surface area contributed by atoms with Crippen LogP contribution in [0.15, 0.2) is 0 Å². The zero-order chi connectivity index (χ0) is 15.5. The van der Waals surface area contributed by atoms with Crippen LogP contribution in [0, 0.1) is 5.92 Å². The van der Waals surface area contributed by atoms with Gasteiger partial charge in [-0.25, -0.2) is 0 Å². The molecule has 3 rings (SSSR count). The fourth-order valence-corrected chi connectivity index (χ4v) is 3.53. The van der Waals surface area contributed by atoms with E-state index >= 15 is 0 Å². The van der Waals surface area contributed by atoms with Gasteiger partial charge in [0, 0.05) is 32.1 Å². The van der Waals surface area contributed by atoms with Crippen LogP contribution in [0.5, 0.6) is 0 Å². The van der Waals surface area contributed by atoms with Crippen molar-refractivity contribution in [2.24, 2.45) is 5.92 Å². The first-order chi connectivity index (χ1) is 10.7. The summed E-state index contributed by atoms with van der Waals surface area (Å²) in [6.45, 7) is 2.26. The van der Waals surface area contributed by atoms with Crippen molar-refractivity contribution in [3.05, 3.63) is 0 Å². The van der Waals surface area contributed by atoms with Gasteiger partial charge in [-0.1, -0.05) is 6.42 Å². The SMILES string of the molecule is CCOC(=O)CC1CCC2(CC1)OOC1(CCCCC1)OO2. The largest absolute Gasteiger partial charge is 0.466 e. The zero-order valence-corrected chi connectivity index (χ0v) is 13.3. The highest BCUT2D eigenvalue weighted by Gasteiger charge is 2.50. The molecule has 6 heteroatoms. The van der Waals surface area contributed by atoms with Crippen LogP contribution in [0.1, 0.15) is 71.1 Å². The molecule has 0 radical (unpaired) electrons. The molecule has 0 aromatic heterocycles. The summed E-state index contributed by atoms with van der Waals surface area (Å²) in [5.74, 6) is -1.30. The third kappa shape index (κ3) is 3.62. The summed E-state index contributed by atoms with van der Waals surface area (Å²) in [6, 6.07) is 0. The minimum absolute atomic E-state index is 0.123. The first-order valence-electron chi connectivity index (χ1n) is 8.55. The molecule has 0 amide bonds. The lowest BCUT2D eigenvalue weighted by atomic mass is 9.83. The summed E-state index contributed by atoms with van der Waals surface area (Å²) in [5.41, 5.74) is 0. The maximum absolute atomic E-state index is 11.5. The van der Waals surface area contributed by atoms with E-state index in [0.29, 0.717) is 31.8 Å². The number of rotatable bonds is 3. The Morgan fingerprint density at radius 3 is 2.05 bits per heavy atom. The van der Waals surface area contributed by atoms with Crippen molar-refractivity contribution in [3.8, 4) is 0 Å². The van der Waals surface area contributed by atoms with Gasteiger partial charge < -0.3 is 4.74 Å². The van der Waals surface area contributed by atoms with Crippen molar-refractivity contribution in [2.45, 2.75) is 82.7 Å². The third-order valence-electron chi connectivity index (χ3n) is 4.93. The molecule has 0 N–H and O–H groups in total. The maximum Gasteiger partial charge on any atom is 0.306 e. The van der Waals surface area contributed by atoms with Gasteiger partial charge in [0.15, 0.2) is 0 Å². The fraction of sp³-hybridized carbons (Fsp3) is 0.938. The molecule has 2 saturated carbocycles. The molecule has 3 fully saturated rings. The van der Waals surface area contributed by atoms with E-state index in [1.165, 1.54) is 6.42 Å². The van der Waals surface area contributed by atoms with Gasteiger partial charge in [-0.2, -0.15) is 19.6 Å². The molecule has 0 unspecified atom stereocenters. The molecule has 126 valence electrons. The second-order valence-corrected chi connectivity index (χ2v) is 6.67. The van der Waals surface area contributed by atoms with E-state index in [0.717, 1.165) is 38.5 Å². The molecule has 2 aliphatic carbocycles. The molecule has 22 heavy (non-hydrogen) atoms. The predicted molar refractivity (Wildman–Crippen MR) is 76.1 cm³/mol. The van der Waals surface area contributed by atoms with E-state index in [2.05, 4.69) is 0 Å². The second-order valence-electron chi connectivity index (χ2n) is 6.67. The molecule has 3 aliphatic rings. The number of ether oxygens (including phenoxy) is 1. The summed E-state index contributed by atoms with van der Waals surface area (Å²) in [7, 11) is 0. The van der Waals surface area contributed by atoms with Crippen molar-refractivity contribution < 1.29 is 29.1 Å². The third-order valence-corrected chi connectivity index (χ3v) is 4.93. The Labute approximate surface area is 131 Å². The van der Waals surface area contributed by atoms with Crippen molar-refractivity contribution in [1.29, 1.82) is 0 Å². The average Bonchev–Trinajstić information content (AvgIpc) is 2.54. The van der Waals surface area contributed by atoms with E-state index in [1.807, 2.05) is 6.92 Å². The van der Waals surface area contributed by atoms with E-state index < -0.39 is 11.6 Å². The molecule has 0 atom stereocenters. The van der Waals surface area contributed by atoms with Gasteiger partial charge in [-0.15, -0.1) is 0 Å². The van der Waals surface area contributed by atoms with Crippen molar-refractivity contribution >= 4 is 5.97 Å². The zero-order valence-electron chi connectivity index (χ0n) is 13.3. The van der Waals surface area contributed by atoms with Crippen LogP contribution < -0.4 is 0 Å². The Morgan fingerprint density at radius 1 is 0.955 bits per heavy atom. The molecular formula is C16H26O6. The molecule has 6 nitrogen and oxygen atoms in total. The summed E-state index contributed by atoms with van der Waals surface area (Å²) in [6.07, 6.45) is 8.48. The fourth-order valence-electron chi connectivity index (χ4n) is 3.53. The monoisotopic (exact) mass is 314 g/mol. The lowest BCUT2D eigenvalue weighted by Crippen LogP contribution is -2.52. The molecule has 2 spiro atoms. The first kappa shape index (κ1) is 16.2. The molecule has 0 aromatic rings. The highest BCUT2D eigenvalue weighted by atomic mass is 17.4. The molecule has 1 aliphatic heterocycles. The standard InChI is InChI=1S/C16H26O6/c1-2-18-14(17)12-13-6-10-16(11-7-13)21-19-15(20-22-16)8-4-3-5-9-15/h13H,2-12H2,1H3. The van der Waals surface area contributed by atoms with Gasteiger partial charge in [-0.05, 0) is 38.5 Å². The van der Waals surface area contributed by atoms with Gasteiger partial charge in [-0.3, -0.25) is 4.79 Å². The summed E-state index contributed by atoms with van der Waals surface area (Å²) in [5, 5.41) is 0. The Balaban J connectivity index is 1.46. The average molecular weight is 314 g/mol. The van der Waals surface area contributed by atoms with Gasteiger partial charge in [0.25, 0.3) is 0 Å². The topological polar surface area (TPSA) is 63.2 Å². The van der Waals surface area contributed by atoms with Crippen LogP contribution in [-0.4, -0.2) is 24.2 Å². The quantitative estimate of drug-likeness (QED) is 0.588. The minimum atomic E-state index is -0.798. The molecule has 1 saturated heterocycles. The lowest BCUT2D eigenvalue weighted by Gasteiger charge is -2.46. The number of hydrogen-bond donors (Lipinski definition) is 0. The highest BCUT2D eigenvalue weighted by molar-refractivity contribution is 5.69. The Bertz CT molecular complexity index is 370. The number of carbonyl (C=O) groups is 1. The normalized spacial score (nSPS) is 27.9. The number of carbonyl (C=O) groups excluding carboxylic acids is 1. The van der Waals surface area contributed by atoms with Crippen LogP contribution in [0.2, 0.25) is 0 Å². The van der Waals surface area contributed by atoms with E-state index in [4.69, 9.17) is 24.3 Å². The summed E-state index contributed by atoms with van der Waals surface area (Å²) in [4.78, 5) is 34.1. The van der Waals surface area contributed by atoms with Crippen molar-refractivity contribution in [3.63, 3.8) is 0 Å². The first-order valence-corrected chi connectivity index (χ1v) is 8.55. The van der Waals surface area contributed by atoms with E-state index in [9.17, 15) is 4.79 Å². The second kappa shape index (κ2) is 6.83. The van der Waals surface area contributed by atoms with Gasteiger partial charge in [0.1, 0.15) is 0 Å². The predicted octanol–water partition coefficient (Wildman–Crippen LogP) is 3.40. The Kier molecular flexibility index (Phi) is 5.02. The molecule has 0 aromatic carbocycles. The van der Waals surface area contributed by atoms with Crippen molar-refractivity contribution in [2.75, 3.05) is 6.61 Å². The smallest absolute Gasteiger partial charge is 0.306 e. The van der Waals surface area contributed by atoms with Crippen LogP contribution >= 0.6 is 0 Å². The Hall–Kier alpha value is -0.690. The minimum Gasteiger partial charge on any atom is -0.466 e. The molecular weight excluding hydrogens is 288 g/mol. The van der Waals surface area contributed by atoms with E-state index in [-0.39, 0.29) is 5.97 Å². The number of esters is 1. The van der Waals surface area contributed by atoms with Crippen LogP contribution in [0.25, 0.3) is 0 Å². The Morgan fingerprint density at radius 2 is 1.50 bits per heavy atom. The highest BCUT2D eigenvalue weighted by Crippen LogP contribution is 2.45. The van der Waals surface area contributed by atoms with Gasteiger partial charge in [0.05, 0.1) is 6.61 Å². The van der Waals surface area contributed by atoms with E-state index in [1.54, 1.807) is 0 Å². The number of hydrogen-bond acceptors (Lipinski definition) is 6. The summed E-state index contributed by atoms with van der Waals surface area (Å²) < 4.78 is 5.01. The summed E-state index contributed by atoms with van der Waals surface area (Å²) >= 11 is 0. The molecule has 0 bridgehead atoms. The van der Waals surface area contributed by atoms with Gasteiger partial charge >= 0.3 is 5.97 Å². The lowest BCUT2D eigenvalue weighted by molar-refractivity contribution is -0.663. The van der Waals surface area contributed by atoms with Gasteiger partial charge in [0.2, 0.25) is 11.6 Å². The van der Waals surface area contributed by atoms with Crippen LogP contribution in [0.4, 0.5) is 0 Å². The van der Waals surface area contributed by atoms with Crippen molar-refractivity contribution in [1.82, 2.24) is 0 Å². The van der Waals surface area contributed by atoms with Crippen LogP contribution in [0.3, 0.4) is 0 Å². The van der Waals surface area contributed by atoms with Crippen LogP contribution in [-0.2, 0) is 29.1 Å². The maximum atomic E-state index is 11.5.